The van der Waals surface area contributed by atoms with E-state index in [9.17, 15) is 4.79 Å². The molecular weight excluding hydrogens is 404 g/mol. The maximum atomic E-state index is 12.0. The van der Waals surface area contributed by atoms with Gasteiger partial charge in [0.25, 0.3) is 5.91 Å². The topological polar surface area (TPSA) is 29.1 Å². The first-order valence-corrected chi connectivity index (χ1v) is 7.70. The third kappa shape index (κ3) is 2.99. The molecule has 1 aromatic carbocycles. The lowest BCUT2D eigenvalue weighted by molar-refractivity contribution is 0.103. The van der Waals surface area contributed by atoms with Crippen molar-refractivity contribution in [2.45, 2.75) is 6.92 Å². The van der Waals surface area contributed by atoms with E-state index in [-0.39, 0.29) is 5.91 Å². The van der Waals surface area contributed by atoms with Gasteiger partial charge in [0.1, 0.15) is 4.88 Å². The lowest BCUT2D eigenvalue weighted by atomic mass is 10.3. The molecule has 1 amide bonds. The van der Waals surface area contributed by atoms with Crippen LogP contribution in [0.5, 0.6) is 0 Å². The molecule has 0 bridgehead atoms. The number of hydrogen-bond acceptors (Lipinski definition) is 2. The molecule has 2 nitrogen and oxygen atoms in total. The van der Waals surface area contributed by atoms with Gasteiger partial charge in [0.15, 0.2) is 0 Å². The largest absolute Gasteiger partial charge is 0.320 e. The van der Waals surface area contributed by atoms with E-state index in [1.807, 2.05) is 18.4 Å². The van der Waals surface area contributed by atoms with Crippen LogP contribution in [0.4, 0.5) is 5.69 Å². The van der Waals surface area contributed by atoms with E-state index in [0.29, 0.717) is 20.6 Å². The zero-order valence-corrected chi connectivity index (χ0v) is 13.7. The number of nitrogens with one attached hydrogen (secondary N) is 1. The Bertz CT molecular complexity index is 612. The molecule has 0 atom stereocenters. The summed E-state index contributed by atoms with van der Waals surface area (Å²) in [6, 6.07) is 5.44. The fourth-order valence-electron chi connectivity index (χ4n) is 1.35. The number of carbonyl (C=O) groups excluding carboxylic acids is 1. The number of anilines is 1. The minimum absolute atomic E-state index is 0.235. The van der Waals surface area contributed by atoms with Gasteiger partial charge in [-0.05, 0) is 58.7 Å². The van der Waals surface area contributed by atoms with Gasteiger partial charge in [-0.25, -0.2) is 0 Å². The van der Waals surface area contributed by atoms with Crippen LogP contribution in [0.1, 0.15) is 15.2 Å². The molecule has 0 saturated heterocycles. The van der Waals surface area contributed by atoms with Crippen LogP contribution >= 0.6 is 57.1 Å². The molecular formula is C12H8Cl2INOS. The lowest BCUT2D eigenvalue weighted by Crippen LogP contribution is -2.11. The molecule has 0 radical (unpaired) electrons. The Hall–Kier alpha value is -0.300. The number of hydrogen-bond donors (Lipinski definition) is 1. The Morgan fingerprint density at radius 3 is 2.67 bits per heavy atom. The average molecular weight is 412 g/mol. The van der Waals surface area contributed by atoms with Gasteiger partial charge in [0.2, 0.25) is 0 Å². The summed E-state index contributed by atoms with van der Waals surface area (Å²) in [5.74, 6) is -0.235. The highest BCUT2D eigenvalue weighted by Gasteiger charge is 2.15. The van der Waals surface area contributed by atoms with Crippen LogP contribution in [-0.4, -0.2) is 5.91 Å². The average Bonchev–Trinajstić information content (AvgIpc) is 2.64. The Morgan fingerprint density at radius 1 is 1.39 bits per heavy atom. The molecule has 18 heavy (non-hydrogen) atoms. The van der Waals surface area contributed by atoms with Crippen molar-refractivity contribution in [1.29, 1.82) is 0 Å². The summed E-state index contributed by atoms with van der Waals surface area (Å²) in [4.78, 5) is 12.5. The molecule has 6 heteroatoms. The Kier molecular flexibility index (Phi) is 4.53. The van der Waals surface area contributed by atoms with Gasteiger partial charge < -0.3 is 5.32 Å². The summed E-state index contributed by atoms with van der Waals surface area (Å²) in [5.41, 5.74) is 1.49. The van der Waals surface area contributed by atoms with Crippen LogP contribution in [0, 0.1) is 10.5 Å². The van der Waals surface area contributed by atoms with Gasteiger partial charge in [-0.15, -0.1) is 11.3 Å². The van der Waals surface area contributed by atoms with Crippen molar-refractivity contribution in [3.05, 3.63) is 47.6 Å². The quantitative estimate of drug-likeness (QED) is 0.674. The summed E-state index contributed by atoms with van der Waals surface area (Å²) in [6.45, 7) is 1.87. The molecule has 0 aliphatic rings. The lowest BCUT2D eigenvalue weighted by Gasteiger charge is -2.06. The number of aryl methyl sites for hydroxylation is 1. The smallest absolute Gasteiger partial charge is 0.267 e. The van der Waals surface area contributed by atoms with Crippen LogP contribution in [0.15, 0.2) is 23.6 Å². The second-order valence-electron chi connectivity index (χ2n) is 3.64. The second kappa shape index (κ2) is 5.77. The van der Waals surface area contributed by atoms with Crippen molar-refractivity contribution in [3.63, 3.8) is 0 Å². The SMILES string of the molecule is Cc1csc(C(=O)Nc2ccc(I)cc2Cl)c1Cl. The minimum atomic E-state index is -0.235. The molecule has 0 unspecified atom stereocenters. The molecule has 0 saturated carbocycles. The molecule has 0 spiro atoms. The van der Waals surface area contributed by atoms with Crippen molar-refractivity contribution in [2.75, 3.05) is 5.32 Å². The molecule has 94 valence electrons. The molecule has 1 aromatic heterocycles. The van der Waals surface area contributed by atoms with Gasteiger partial charge in [0, 0.05) is 3.57 Å². The highest BCUT2D eigenvalue weighted by molar-refractivity contribution is 14.1. The van der Waals surface area contributed by atoms with E-state index in [1.54, 1.807) is 12.1 Å². The van der Waals surface area contributed by atoms with Crippen molar-refractivity contribution in [2.24, 2.45) is 0 Å². The fourth-order valence-corrected chi connectivity index (χ4v) is 3.43. The zero-order valence-electron chi connectivity index (χ0n) is 9.26. The van der Waals surface area contributed by atoms with Crippen molar-refractivity contribution in [3.8, 4) is 0 Å². The van der Waals surface area contributed by atoms with Crippen LogP contribution in [0.3, 0.4) is 0 Å². The number of thiophene rings is 1. The Labute approximate surface area is 132 Å². The van der Waals surface area contributed by atoms with Crippen LogP contribution < -0.4 is 5.32 Å². The van der Waals surface area contributed by atoms with Crippen molar-refractivity contribution in [1.82, 2.24) is 0 Å². The summed E-state index contributed by atoms with van der Waals surface area (Å²) >= 11 is 15.6. The van der Waals surface area contributed by atoms with Gasteiger partial charge in [-0.1, -0.05) is 23.2 Å². The van der Waals surface area contributed by atoms with E-state index in [0.717, 1.165) is 9.13 Å². The van der Waals surface area contributed by atoms with Crippen molar-refractivity contribution >= 4 is 68.7 Å². The molecule has 0 aliphatic heterocycles. The zero-order chi connectivity index (χ0) is 13.3. The third-order valence-corrected chi connectivity index (χ3v) is 4.96. The predicted octanol–water partition coefficient (Wildman–Crippen LogP) is 5.22. The Morgan fingerprint density at radius 2 is 2.11 bits per heavy atom. The second-order valence-corrected chi connectivity index (χ2v) is 6.55. The highest BCUT2D eigenvalue weighted by atomic mass is 127. The van der Waals surface area contributed by atoms with Gasteiger partial charge in [-0.2, -0.15) is 0 Å². The van der Waals surface area contributed by atoms with Gasteiger partial charge in [0.05, 0.1) is 15.7 Å². The number of benzene rings is 1. The first-order chi connectivity index (χ1) is 8.49. The van der Waals surface area contributed by atoms with Crippen LogP contribution in [-0.2, 0) is 0 Å². The number of rotatable bonds is 2. The summed E-state index contributed by atoms with van der Waals surface area (Å²) in [5, 5.41) is 5.63. The standard InChI is InChI=1S/C12H8Cl2INOS/c1-6-5-18-11(10(6)14)12(17)16-9-3-2-7(15)4-8(9)13/h2-5H,1H3,(H,16,17). The van der Waals surface area contributed by atoms with Gasteiger partial charge in [-0.3, -0.25) is 4.79 Å². The summed E-state index contributed by atoms with van der Waals surface area (Å²) in [6.07, 6.45) is 0. The Balaban J connectivity index is 2.24. The molecule has 2 rings (SSSR count). The summed E-state index contributed by atoms with van der Waals surface area (Å²) in [7, 11) is 0. The van der Waals surface area contributed by atoms with Crippen molar-refractivity contribution < 1.29 is 4.79 Å². The number of carbonyl (C=O) groups is 1. The van der Waals surface area contributed by atoms with Crippen LogP contribution in [0.2, 0.25) is 10.0 Å². The molecule has 0 fully saturated rings. The van der Waals surface area contributed by atoms with E-state index in [1.165, 1.54) is 11.3 Å². The number of amides is 1. The molecule has 0 aliphatic carbocycles. The minimum Gasteiger partial charge on any atom is -0.320 e. The first-order valence-electron chi connectivity index (χ1n) is 4.99. The summed E-state index contributed by atoms with van der Waals surface area (Å²) < 4.78 is 1.01. The molecule has 1 heterocycles. The highest BCUT2D eigenvalue weighted by Crippen LogP contribution is 2.29. The van der Waals surface area contributed by atoms with E-state index in [4.69, 9.17) is 23.2 Å². The fraction of sp³-hybridized carbons (Fsp3) is 0.0833. The predicted molar refractivity (Wildman–Crippen MR) is 86.2 cm³/mol. The third-order valence-electron chi connectivity index (χ3n) is 2.28. The number of halogens is 3. The van der Waals surface area contributed by atoms with E-state index >= 15 is 0 Å². The maximum Gasteiger partial charge on any atom is 0.267 e. The molecule has 1 N–H and O–H groups in total. The molecule has 2 aromatic rings. The normalized spacial score (nSPS) is 10.4. The van der Waals surface area contributed by atoms with Gasteiger partial charge >= 0.3 is 0 Å². The van der Waals surface area contributed by atoms with E-state index < -0.39 is 0 Å². The van der Waals surface area contributed by atoms with Crippen LogP contribution in [0.25, 0.3) is 0 Å². The first kappa shape index (κ1) is 14.1. The maximum absolute atomic E-state index is 12.0. The van der Waals surface area contributed by atoms with E-state index in [2.05, 4.69) is 27.9 Å². The monoisotopic (exact) mass is 411 g/mol.